The van der Waals surface area contributed by atoms with Crippen molar-refractivity contribution in [1.29, 1.82) is 0 Å². The van der Waals surface area contributed by atoms with Gasteiger partial charge in [0.1, 0.15) is 0 Å². The molecule has 1 aliphatic rings. The lowest BCUT2D eigenvalue weighted by molar-refractivity contribution is 0.0785. The van der Waals surface area contributed by atoms with Crippen LogP contribution >= 0.6 is 0 Å². The summed E-state index contributed by atoms with van der Waals surface area (Å²) >= 11 is 0. The Morgan fingerprint density at radius 3 is 2.06 bits per heavy atom. The number of piperazine rings is 1. The first-order valence-electron chi connectivity index (χ1n) is 11.5. The van der Waals surface area contributed by atoms with E-state index in [9.17, 15) is 13.2 Å². The van der Waals surface area contributed by atoms with E-state index in [1.807, 2.05) is 80.7 Å². The predicted octanol–water partition coefficient (Wildman–Crippen LogP) is 3.77. The number of aryl methyl sites for hydroxylation is 1. The molecule has 1 fully saturated rings. The molecule has 1 amide bonds. The third kappa shape index (κ3) is 5.73. The highest BCUT2D eigenvalue weighted by atomic mass is 32.2. The molecule has 178 valence electrons. The van der Waals surface area contributed by atoms with Crippen LogP contribution in [0.2, 0.25) is 0 Å². The number of carbonyl (C=O) groups excluding carboxylic acids is 1. The first-order valence-corrected chi connectivity index (χ1v) is 12.9. The van der Waals surface area contributed by atoms with Gasteiger partial charge in [-0.25, -0.2) is 8.42 Å². The molecule has 3 aromatic carbocycles. The van der Waals surface area contributed by atoms with Gasteiger partial charge in [0.15, 0.2) is 0 Å². The number of hydrogen-bond acceptors (Lipinski definition) is 4. The molecule has 0 N–H and O–H groups in total. The van der Waals surface area contributed by atoms with Crippen LogP contribution in [0.4, 0.5) is 0 Å². The first-order chi connectivity index (χ1) is 16.3. The van der Waals surface area contributed by atoms with Crippen LogP contribution < -0.4 is 0 Å². The summed E-state index contributed by atoms with van der Waals surface area (Å²) in [7, 11) is -1.64. The summed E-state index contributed by atoms with van der Waals surface area (Å²) in [4.78, 5) is 17.1. The van der Waals surface area contributed by atoms with E-state index < -0.39 is 10.0 Å². The minimum Gasteiger partial charge on any atom is -0.337 e. The van der Waals surface area contributed by atoms with Crippen molar-refractivity contribution in [3.63, 3.8) is 0 Å². The molecule has 1 heterocycles. The predicted molar refractivity (Wildman–Crippen MR) is 134 cm³/mol. The van der Waals surface area contributed by atoms with E-state index in [-0.39, 0.29) is 5.91 Å². The number of hydrogen-bond donors (Lipinski definition) is 0. The van der Waals surface area contributed by atoms with Gasteiger partial charge in [-0.1, -0.05) is 60.2 Å². The van der Waals surface area contributed by atoms with Crippen LogP contribution in [0.1, 0.15) is 27.0 Å². The fourth-order valence-electron chi connectivity index (χ4n) is 4.15. The van der Waals surface area contributed by atoms with E-state index in [4.69, 9.17) is 0 Å². The molecule has 1 aliphatic heterocycles. The molecule has 0 aromatic heterocycles. The summed E-state index contributed by atoms with van der Waals surface area (Å²) in [5.41, 5.74) is 3.91. The monoisotopic (exact) mass is 477 g/mol. The van der Waals surface area contributed by atoms with Gasteiger partial charge in [0.05, 0.1) is 4.90 Å². The summed E-state index contributed by atoms with van der Waals surface area (Å²) in [6.07, 6.45) is 0. The Kier molecular flexibility index (Phi) is 7.46. The third-order valence-corrected chi connectivity index (χ3v) is 8.12. The zero-order valence-electron chi connectivity index (χ0n) is 19.7. The lowest BCUT2D eigenvalue weighted by Crippen LogP contribution is -2.48. The van der Waals surface area contributed by atoms with Gasteiger partial charge in [-0.15, -0.1) is 0 Å². The molecule has 34 heavy (non-hydrogen) atoms. The number of sulfonamides is 1. The second kappa shape index (κ2) is 10.5. The molecule has 0 aliphatic carbocycles. The van der Waals surface area contributed by atoms with Crippen molar-refractivity contribution in [2.24, 2.45) is 0 Å². The maximum absolute atomic E-state index is 12.9. The molecule has 6 nitrogen and oxygen atoms in total. The van der Waals surface area contributed by atoms with Crippen molar-refractivity contribution in [3.8, 4) is 0 Å². The summed E-state index contributed by atoms with van der Waals surface area (Å²) in [6, 6.07) is 24.7. The summed E-state index contributed by atoms with van der Waals surface area (Å²) in [5, 5.41) is 0. The highest BCUT2D eigenvalue weighted by Gasteiger charge is 2.28. The van der Waals surface area contributed by atoms with E-state index >= 15 is 0 Å². The second-order valence-electron chi connectivity index (χ2n) is 8.84. The quantitative estimate of drug-likeness (QED) is 0.520. The van der Waals surface area contributed by atoms with Gasteiger partial charge in [-0.2, -0.15) is 4.31 Å². The van der Waals surface area contributed by atoms with E-state index in [0.717, 1.165) is 23.2 Å². The summed E-state index contributed by atoms with van der Waals surface area (Å²) in [5.74, 6) is -0.00895. The Morgan fingerprint density at radius 2 is 1.44 bits per heavy atom. The number of rotatable bonds is 7. The van der Waals surface area contributed by atoms with Crippen molar-refractivity contribution in [1.82, 2.24) is 14.1 Å². The fourth-order valence-corrected chi connectivity index (χ4v) is 5.57. The molecule has 7 heteroatoms. The van der Waals surface area contributed by atoms with E-state index in [1.165, 1.54) is 0 Å². The van der Waals surface area contributed by atoms with Gasteiger partial charge >= 0.3 is 0 Å². The Hall–Kier alpha value is -3.00. The average Bonchev–Trinajstić information content (AvgIpc) is 2.85. The summed E-state index contributed by atoms with van der Waals surface area (Å²) in [6.45, 7) is 5.52. The van der Waals surface area contributed by atoms with Gasteiger partial charge < -0.3 is 4.90 Å². The fraction of sp³-hybridized carbons (Fsp3) is 0.296. The van der Waals surface area contributed by atoms with Crippen LogP contribution in [0, 0.1) is 6.92 Å². The van der Waals surface area contributed by atoms with Crippen molar-refractivity contribution in [2.75, 3.05) is 33.2 Å². The van der Waals surface area contributed by atoms with E-state index in [1.54, 1.807) is 21.3 Å². The number of benzene rings is 3. The maximum atomic E-state index is 12.9. The van der Waals surface area contributed by atoms with Crippen LogP contribution in [0.15, 0.2) is 83.8 Å². The molecule has 4 rings (SSSR count). The first kappa shape index (κ1) is 24.1. The third-order valence-electron chi connectivity index (χ3n) is 6.21. The van der Waals surface area contributed by atoms with Crippen molar-refractivity contribution < 1.29 is 13.2 Å². The smallest absolute Gasteiger partial charge is 0.253 e. The van der Waals surface area contributed by atoms with Crippen molar-refractivity contribution >= 4 is 15.9 Å². The van der Waals surface area contributed by atoms with Gasteiger partial charge in [-0.3, -0.25) is 9.69 Å². The highest BCUT2D eigenvalue weighted by molar-refractivity contribution is 7.89. The molecule has 0 saturated carbocycles. The molecule has 1 saturated heterocycles. The summed E-state index contributed by atoms with van der Waals surface area (Å²) < 4.78 is 27.4. The lowest BCUT2D eigenvalue weighted by atomic mass is 10.1. The molecular formula is C27H31N3O3S. The lowest BCUT2D eigenvalue weighted by Gasteiger charge is -2.34. The molecule has 0 bridgehead atoms. The molecular weight excluding hydrogens is 446 g/mol. The van der Waals surface area contributed by atoms with Crippen molar-refractivity contribution in [3.05, 3.63) is 101 Å². The van der Waals surface area contributed by atoms with Gasteiger partial charge in [0.2, 0.25) is 10.0 Å². The number of amides is 1. The Labute approximate surface area is 202 Å². The van der Waals surface area contributed by atoms with Crippen LogP contribution in [0.5, 0.6) is 0 Å². The minimum atomic E-state index is -3.46. The largest absolute Gasteiger partial charge is 0.337 e. The molecule has 0 radical (unpaired) electrons. The second-order valence-corrected chi connectivity index (χ2v) is 10.8. The molecule has 0 unspecified atom stereocenters. The normalized spacial score (nSPS) is 15.2. The standard InChI is InChI=1S/C27H31N3O3S/c1-22-8-14-26(15-9-22)34(32,33)30-18-16-29(17-19-30)21-24-10-12-25(13-11-24)27(31)28(2)20-23-6-4-3-5-7-23/h3-15H,16-21H2,1-2H3. The molecule has 0 spiro atoms. The van der Waals surface area contributed by atoms with Crippen molar-refractivity contribution in [2.45, 2.75) is 24.9 Å². The number of nitrogens with zero attached hydrogens (tertiary/aromatic N) is 3. The maximum Gasteiger partial charge on any atom is 0.253 e. The van der Waals surface area contributed by atoms with Crippen LogP contribution in [0.3, 0.4) is 0 Å². The molecule has 3 aromatic rings. The van der Waals surface area contributed by atoms with Gasteiger partial charge in [0, 0.05) is 51.9 Å². The molecule has 0 atom stereocenters. The van der Waals surface area contributed by atoms with Gasteiger partial charge in [0.25, 0.3) is 5.91 Å². The Bertz CT molecular complexity index is 1200. The van der Waals surface area contributed by atoms with Gasteiger partial charge in [-0.05, 0) is 42.3 Å². The SMILES string of the molecule is Cc1ccc(S(=O)(=O)N2CCN(Cc3ccc(C(=O)N(C)Cc4ccccc4)cc3)CC2)cc1. The Morgan fingerprint density at radius 1 is 0.824 bits per heavy atom. The van der Waals surface area contributed by atoms with Crippen LogP contribution in [0.25, 0.3) is 0 Å². The van der Waals surface area contributed by atoms with Crippen LogP contribution in [-0.4, -0.2) is 61.7 Å². The van der Waals surface area contributed by atoms with E-state index in [0.29, 0.717) is 43.2 Å². The zero-order chi connectivity index (χ0) is 24.1. The average molecular weight is 478 g/mol. The minimum absolute atomic E-state index is 0.00895. The topological polar surface area (TPSA) is 60.9 Å². The zero-order valence-corrected chi connectivity index (χ0v) is 20.5. The van der Waals surface area contributed by atoms with Crippen LogP contribution in [-0.2, 0) is 23.1 Å². The highest BCUT2D eigenvalue weighted by Crippen LogP contribution is 2.19. The number of carbonyl (C=O) groups is 1. The van der Waals surface area contributed by atoms with E-state index in [2.05, 4.69) is 4.90 Å². The Balaban J connectivity index is 1.30.